The van der Waals surface area contributed by atoms with Gasteiger partial charge in [-0.1, -0.05) is 36.8 Å². The number of alkyl carbamates (subject to hydrolysis) is 1. The Hall–Kier alpha value is -3.21. The summed E-state index contributed by atoms with van der Waals surface area (Å²) in [6.07, 6.45) is 5.37. The second kappa shape index (κ2) is 8.86. The minimum Gasteiger partial charge on any atom is -0.491 e. The van der Waals surface area contributed by atoms with Crippen LogP contribution in [0.2, 0.25) is 0 Å². The summed E-state index contributed by atoms with van der Waals surface area (Å²) >= 11 is 0. The summed E-state index contributed by atoms with van der Waals surface area (Å²) in [6.45, 7) is 6.41. The van der Waals surface area contributed by atoms with Gasteiger partial charge in [0.25, 0.3) is 0 Å². The smallest absolute Gasteiger partial charge is 0.408 e. The third-order valence-electron chi connectivity index (χ3n) is 7.05. The third-order valence-corrected chi connectivity index (χ3v) is 7.05. The Morgan fingerprint density at radius 2 is 1.50 bits per heavy atom. The van der Waals surface area contributed by atoms with Crippen molar-refractivity contribution in [3.8, 4) is 11.5 Å². The van der Waals surface area contributed by atoms with E-state index >= 15 is 0 Å². The van der Waals surface area contributed by atoms with E-state index in [1.54, 1.807) is 0 Å². The first-order valence-electron chi connectivity index (χ1n) is 12.3. The second-order valence-corrected chi connectivity index (χ2v) is 10.1. The lowest BCUT2D eigenvalue weighted by Gasteiger charge is -2.38. The van der Waals surface area contributed by atoms with E-state index in [-0.39, 0.29) is 17.8 Å². The maximum atomic E-state index is 11.6. The van der Waals surface area contributed by atoms with Crippen LogP contribution >= 0.6 is 0 Å². The molecule has 0 aromatic heterocycles. The molecule has 1 atom stereocenters. The molecule has 0 spiro atoms. The number of ether oxygens (including phenoxy) is 3. The molecule has 5 rings (SSSR count). The van der Waals surface area contributed by atoms with E-state index in [9.17, 15) is 4.79 Å². The Balaban J connectivity index is 1.42. The highest BCUT2D eigenvalue weighted by Gasteiger charge is 2.37. The van der Waals surface area contributed by atoms with Gasteiger partial charge >= 0.3 is 6.09 Å². The van der Waals surface area contributed by atoms with E-state index in [1.165, 1.54) is 12.0 Å². The fourth-order valence-electron chi connectivity index (χ4n) is 5.20. The molecule has 2 aliphatic rings. The summed E-state index contributed by atoms with van der Waals surface area (Å²) in [4.78, 5) is 11.6. The molecule has 1 aliphatic heterocycles. The van der Waals surface area contributed by atoms with Gasteiger partial charge in [0.15, 0.2) is 0 Å². The van der Waals surface area contributed by atoms with Crippen LogP contribution in [0.25, 0.3) is 10.8 Å². The van der Waals surface area contributed by atoms with E-state index in [4.69, 9.17) is 14.2 Å². The number of hydrogen-bond acceptors (Lipinski definition) is 4. The number of fused-ring (bicyclic) bond motifs is 1. The molecule has 178 valence electrons. The number of nitrogens with one attached hydrogen (secondary N) is 1. The number of cyclic esters (lactones) is 1. The van der Waals surface area contributed by atoms with Crippen molar-refractivity contribution < 1.29 is 19.0 Å². The lowest BCUT2D eigenvalue weighted by atomic mass is 9.79. The Bertz CT molecular complexity index is 1180. The molecule has 1 heterocycles. The van der Waals surface area contributed by atoms with E-state index in [2.05, 4.69) is 66.0 Å². The van der Waals surface area contributed by atoms with Crippen LogP contribution in [0.5, 0.6) is 11.5 Å². The zero-order chi connectivity index (χ0) is 23.8. The van der Waals surface area contributed by atoms with Crippen molar-refractivity contribution in [2.45, 2.75) is 70.1 Å². The van der Waals surface area contributed by atoms with Crippen molar-refractivity contribution >= 4 is 16.9 Å². The van der Waals surface area contributed by atoms with Gasteiger partial charge in [0, 0.05) is 0 Å². The molecule has 1 saturated heterocycles. The van der Waals surface area contributed by atoms with Crippen LogP contribution in [-0.2, 0) is 15.9 Å². The third kappa shape index (κ3) is 4.44. The predicted molar refractivity (Wildman–Crippen MR) is 133 cm³/mol. The summed E-state index contributed by atoms with van der Waals surface area (Å²) in [6, 6.07) is 21.0. The molecule has 1 saturated carbocycles. The molecule has 2 fully saturated rings. The van der Waals surface area contributed by atoms with Gasteiger partial charge in [0.2, 0.25) is 0 Å². The molecule has 1 N–H and O–H groups in total. The standard InChI is InChI=1S/C29H33NO4/c1-20(2)33-25-13-10-23(11-14-25)29(15-5-4-6-16-29)34-26-12-8-21-17-24(9-7-22(21)18-26)28(3)19-32-27(31)30-28/h7-14,17-18,20H,4-6,15-16,19H2,1-3H3,(H,30,31)/t28-/m0/s1. The molecule has 5 nitrogen and oxygen atoms in total. The van der Waals surface area contributed by atoms with Crippen LogP contribution < -0.4 is 14.8 Å². The Labute approximate surface area is 201 Å². The summed E-state index contributed by atoms with van der Waals surface area (Å²) in [7, 11) is 0. The minimum atomic E-state index is -0.502. The molecule has 0 bridgehead atoms. The van der Waals surface area contributed by atoms with Crippen molar-refractivity contribution in [1.82, 2.24) is 5.32 Å². The van der Waals surface area contributed by atoms with Crippen LogP contribution in [0.4, 0.5) is 4.79 Å². The van der Waals surface area contributed by atoms with Gasteiger partial charge in [0.1, 0.15) is 23.7 Å². The van der Waals surface area contributed by atoms with Gasteiger partial charge in [-0.2, -0.15) is 0 Å². The fourth-order valence-corrected chi connectivity index (χ4v) is 5.20. The SMILES string of the molecule is CC(C)Oc1ccc(C2(Oc3ccc4cc([C@]5(C)COC(=O)N5)ccc4c3)CCCCC2)cc1. The molecule has 3 aromatic carbocycles. The number of amides is 1. The zero-order valence-electron chi connectivity index (χ0n) is 20.2. The maximum Gasteiger partial charge on any atom is 0.408 e. The topological polar surface area (TPSA) is 56.8 Å². The predicted octanol–water partition coefficient (Wildman–Crippen LogP) is 6.82. The van der Waals surface area contributed by atoms with Gasteiger partial charge in [-0.3, -0.25) is 0 Å². The van der Waals surface area contributed by atoms with Crippen LogP contribution in [0.3, 0.4) is 0 Å². The Kier molecular flexibility index (Phi) is 5.88. The lowest BCUT2D eigenvalue weighted by molar-refractivity contribution is 0.0264. The number of carbonyl (C=O) groups is 1. The first kappa shape index (κ1) is 22.6. The highest BCUT2D eigenvalue weighted by Crippen LogP contribution is 2.42. The van der Waals surface area contributed by atoms with Gasteiger partial charge in [0.05, 0.1) is 11.6 Å². The second-order valence-electron chi connectivity index (χ2n) is 10.1. The van der Waals surface area contributed by atoms with Gasteiger partial charge in [-0.15, -0.1) is 0 Å². The van der Waals surface area contributed by atoms with Crippen LogP contribution in [0, 0.1) is 0 Å². The van der Waals surface area contributed by atoms with E-state index in [0.29, 0.717) is 6.61 Å². The molecule has 5 heteroatoms. The molecule has 1 amide bonds. The average Bonchev–Trinajstić information content (AvgIpc) is 3.19. The normalized spacial score (nSPS) is 21.8. The first-order valence-corrected chi connectivity index (χ1v) is 12.3. The van der Waals surface area contributed by atoms with Crippen LogP contribution in [0.15, 0.2) is 60.7 Å². The van der Waals surface area contributed by atoms with Crippen molar-refractivity contribution in [3.63, 3.8) is 0 Å². The van der Waals surface area contributed by atoms with E-state index in [1.807, 2.05) is 20.8 Å². The maximum absolute atomic E-state index is 11.6. The van der Waals surface area contributed by atoms with Gasteiger partial charge < -0.3 is 19.5 Å². The summed E-state index contributed by atoms with van der Waals surface area (Å²) in [5, 5.41) is 5.14. The fraction of sp³-hybridized carbons (Fsp3) is 0.414. The first-order chi connectivity index (χ1) is 16.4. The highest BCUT2D eigenvalue weighted by molar-refractivity contribution is 5.85. The van der Waals surface area contributed by atoms with Gasteiger partial charge in [-0.05, 0) is 98.7 Å². The lowest BCUT2D eigenvalue weighted by Crippen LogP contribution is -2.37. The molecule has 34 heavy (non-hydrogen) atoms. The average molecular weight is 460 g/mol. The number of rotatable bonds is 6. The van der Waals surface area contributed by atoms with Crippen molar-refractivity contribution in [3.05, 3.63) is 71.8 Å². The molecular formula is C29H33NO4. The molecule has 0 radical (unpaired) electrons. The molecule has 1 aliphatic carbocycles. The summed E-state index contributed by atoms with van der Waals surface area (Å²) < 4.78 is 17.8. The number of hydrogen-bond donors (Lipinski definition) is 1. The van der Waals surface area contributed by atoms with Crippen molar-refractivity contribution in [1.29, 1.82) is 0 Å². The highest BCUT2D eigenvalue weighted by atomic mass is 16.6. The Morgan fingerprint density at radius 1 is 0.853 bits per heavy atom. The molecule has 3 aromatic rings. The van der Waals surface area contributed by atoms with Crippen LogP contribution in [-0.4, -0.2) is 18.8 Å². The van der Waals surface area contributed by atoms with Crippen molar-refractivity contribution in [2.75, 3.05) is 6.61 Å². The minimum absolute atomic E-state index is 0.156. The molecule has 0 unspecified atom stereocenters. The number of carbonyl (C=O) groups excluding carboxylic acids is 1. The quantitative estimate of drug-likeness (QED) is 0.439. The monoisotopic (exact) mass is 459 g/mol. The largest absolute Gasteiger partial charge is 0.491 e. The van der Waals surface area contributed by atoms with Crippen molar-refractivity contribution in [2.24, 2.45) is 0 Å². The number of benzene rings is 3. The van der Waals surface area contributed by atoms with Gasteiger partial charge in [-0.25, -0.2) is 4.79 Å². The van der Waals surface area contributed by atoms with Crippen LogP contribution in [0.1, 0.15) is 64.0 Å². The van der Waals surface area contributed by atoms with E-state index < -0.39 is 5.54 Å². The van der Waals surface area contributed by atoms with E-state index in [0.717, 1.165) is 53.5 Å². The molecular weight excluding hydrogens is 426 g/mol. The zero-order valence-corrected chi connectivity index (χ0v) is 20.2. The summed E-state index contributed by atoms with van der Waals surface area (Å²) in [5.74, 6) is 1.78. The summed E-state index contributed by atoms with van der Waals surface area (Å²) in [5.41, 5.74) is 1.43. The Morgan fingerprint density at radius 3 is 2.18 bits per heavy atom.